The van der Waals surface area contributed by atoms with E-state index in [0.29, 0.717) is 6.54 Å². The standard InChI is InChI=1S/C10H18N4O2S2/c1-2-8-6-4-3-5-7-14(8)18(15,16)10-13-12-9(11)17-10/h8H,2-7H2,1H3,(H2,11,12). The highest BCUT2D eigenvalue weighted by molar-refractivity contribution is 7.91. The van der Waals surface area contributed by atoms with Crippen LogP contribution in [0.4, 0.5) is 5.13 Å². The van der Waals surface area contributed by atoms with Gasteiger partial charge in [-0.1, -0.05) is 31.1 Å². The Balaban J connectivity index is 2.32. The molecule has 0 aromatic carbocycles. The minimum atomic E-state index is -3.53. The van der Waals surface area contributed by atoms with Crippen LogP contribution in [0.3, 0.4) is 0 Å². The maximum Gasteiger partial charge on any atom is 0.272 e. The molecule has 1 atom stereocenters. The second-order valence-electron chi connectivity index (χ2n) is 4.43. The Hall–Kier alpha value is -0.730. The van der Waals surface area contributed by atoms with Crippen LogP contribution in [0.1, 0.15) is 39.0 Å². The molecule has 1 aromatic rings. The minimum Gasteiger partial charge on any atom is -0.374 e. The molecule has 0 spiro atoms. The van der Waals surface area contributed by atoms with Gasteiger partial charge < -0.3 is 5.73 Å². The van der Waals surface area contributed by atoms with Gasteiger partial charge in [-0.2, -0.15) is 4.31 Å². The fraction of sp³-hybridized carbons (Fsp3) is 0.800. The van der Waals surface area contributed by atoms with Crippen LogP contribution in [0.15, 0.2) is 4.34 Å². The second-order valence-corrected chi connectivity index (χ2v) is 7.51. The third-order valence-corrected chi connectivity index (χ3v) is 6.30. The summed E-state index contributed by atoms with van der Waals surface area (Å²) in [4.78, 5) is 0. The summed E-state index contributed by atoms with van der Waals surface area (Å²) in [6, 6.07) is 0.0719. The van der Waals surface area contributed by atoms with Crippen LogP contribution in [0, 0.1) is 0 Å². The molecule has 0 amide bonds. The third-order valence-electron chi connectivity index (χ3n) is 3.25. The Kier molecular flexibility index (Phi) is 4.18. The van der Waals surface area contributed by atoms with E-state index in [1.165, 1.54) is 0 Å². The number of aromatic nitrogens is 2. The largest absolute Gasteiger partial charge is 0.374 e. The van der Waals surface area contributed by atoms with Gasteiger partial charge >= 0.3 is 0 Å². The van der Waals surface area contributed by atoms with Crippen molar-refractivity contribution in [3.8, 4) is 0 Å². The van der Waals surface area contributed by atoms with Crippen molar-refractivity contribution in [2.24, 2.45) is 0 Å². The van der Waals surface area contributed by atoms with Crippen molar-refractivity contribution in [3.63, 3.8) is 0 Å². The van der Waals surface area contributed by atoms with Crippen LogP contribution < -0.4 is 5.73 Å². The highest BCUT2D eigenvalue weighted by Crippen LogP contribution is 2.28. The van der Waals surface area contributed by atoms with E-state index in [4.69, 9.17) is 5.73 Å². The zero-order valence-corrected chi connectivity index (χ0v) is 12.0. The Bertz CT molecular complexity index is 500. The van der Waals surface area contributed by atoms with E-state index in [0.717, 1.165) is 43.4 Å². The summed E-state index contributed by atoms with van der Waals surface area (Å²) in [7, 11) is -3.53. The van der Waals surface area contributed by atoms with Gasteiger partial charge in [0.25, 0.3) is 10.0 Å². The Labute approximate surface area is 111 Å². The van der Waals surface area contributed by atoms with Crippen LogP contribution in [0.5, 0.6) is 0 Å². The van der Waals surface area contributed by atoms with Gasteiger partial charge in [-0.3, -0.25) is 0 Å². The summed E-state index contributed by atoms with van der Waals surface area (Å²) in [5, 5.41) is 7.46. The van der Waals surface area contributed by atoms with Gasteiger partial charge in [-0.05, 0) is 19.3 Å². The molecular formula is C10H18N4O2S2. The maximum atomic E-state index is 12.5. The first-order chi connectivity index (χ1) is 8.55. The molecule has 0 aliphatic carbocycles. The van der Waals surface area contributed by atoms with Crippen molar-refractivity contribution in [3.05, 3.63) is 0 Å². The molecule has 1 aliphatic rings. The molecule has 1 fully saturated rings. The Morgan fingerprint density at radius 3 is 2.78 bits per heavy atom. The van der Waals surface area contributed by atoms with Crippen molar-refractivity contribution < 1.29 is 8.42 Å². The van der Waals surface area contributed by atoms with E-state index < -0.39 is 10.0 Å². The number of nitrogen functional groups attached to an aromatic ring is 1. The summed E-state index contributed by atoms with van der Waals surface area (Å²) in [6.07, 6.45) is 4.82. The average molecular weight is 290 g/mol. The van der Waals surface area contributed by atoms with Crippen LogP contribution in [-0.4, -0.2) is 35.5 Å². The van der Waals surface area contributed by atoms with Gasteiger partial charge in [-0.15, -0.1) is 10.2 Å². The quantitative estimate of drug-likeness (QED) is 0.910. The fourth-order valence-electron chi connectivity index (χ4n) is 2.30. The summed E-state index contributed by atoms with van der Waals surface area (Å²) >= 11 is 0.934. The number of sulfonamides is 1. The van der Waals surface area contributed by atoms with Gasteiger partial charge in [0.2, 0.25) is 9.47 Å². The van der Waals surface area contributed by atoms with Crippen LogP contribution >= 0.6 is 11.3 Å². The van der Waals surface area contributed by atoms with Gasteiger partial charge in [-0.25, -0.2) is 8.42 Å². The first-order valence-electron chi connectivity index (χ1n) is 6.16. The van der Waals surface area contributed by atoms with Gasteiger partial charge in [0.15, 0.2) is 0 Å². The molecular weight excluding hydrogens is 272 g/mol. The lowest BCUT2D eigenvalue weighted by molar-refractivity contribution is 0.314. The Morgan fingerprint density at radius 1 is 1.39 bits per heavy atom. The lowest BCUT2D eigenvalue weighted by Crippen LogP contribution is -2.39. The topological polar surface area (TPSA) is 89.2 Å². The molecule has 102 valence electrons. The van der Waals surface area contributed by atoms with Crippen molar-refractivity contribution in [2.45, 2.75) is 49.4 Å². The van der Waals surface area contributed by atoms with E-state index in [2.05, 4.69) is 10.2 Å². The fourth-order valence-corrected chi connectivity index (χ4v) is 4.97. The SMILES string of the molecule is CCC1CCCCCN1S(=O)(=O)c1nnc(N)s1. The number of hydrogen-bond acceptors (Lipinski definition) is 6. The summed E-state index contributed by atoms with van der Waals surface area (Å²) < 4.78 is 26.6. The summed E-state index contributed by atoms with van der Waals surface area (Å²) in [5.41, 5.74) is 5.46. The average Bonchev–Trinajstić information content (AvgIpc) is 2.65. The van der Waals surface area contributed by atoms with E-state index in [1.54, 1.807) is 4.31 Å². The van der Waals surface area contributed by atoms with E-state index in [1.807, 2.05) is 6.92 Å². The third kappa shape index (κ3) is 2.65. The Morgan fingerprint density at radius 2 is 2.17 bits per heavy atom. The molecule has 1 aromatic heterocycles. The summed E-state index contributed by atoms with van der Waals surface area (Å²) in [6.45, 7) is 2.59. The molecule has 1 aliphatic heterocycles. The summed E-state index contributed by atoms with van der Waals surface area (Å²) in [5.74, 6) is 0. The van der Waals surface area contributed by atoms with Crippen LogP contribution in [0.25, 0.3) is 0 Å². The first kappa shape index (κ1) is 13.7. The molecule has 0 radical (unpaired) electrons. The van der Waals surface area contributed by atoms with Crippen LogP contribution in [-0.2, 0) is 10.0 Å². The molecule has 6 nitrogen and oxygen atoms in total. The molecule has 1 saturated heterocycles. The number of nitrogens with two attached hydrogens (primary N) is 1. The molecule has 8 heteroatoms. The monoisotopic (exact) mass is 290 g/mol. The lowest BCUT2D eigenvalue weighted by atomic mass is 10.1. The van der Waals surface area contributed by atoms with Gasteiger partial charge in [0, 0.05) is 12.6 Å². The molecule has 1 unspecified atom stereocenters. The predicted molar refractivity (Wildman–Crippen MR) is 70.8 cm³/mol. The lowest BCUT2D eigenvalue weighted by Gasteiger charge is -2.26. The molecule has 2 heterocycles. The molecule has 18 heavy (non-hydrogen) atoms. The minimum absolute atomic E-state index is 0.0142. The first-order valence-corrected chi connectivity index (χ1v) is 8.42. The molecule has 0 bridgehead atoms. The zero-order valence-electron chi connectivity index (χ0n) is 10.4. The van der Waals surface area contributed by atoms with Crippen LogP contribution in [0.2, 0.25) is 0 Å². The normalized spacial score (nSPS) is 22.8. The highest BCUT2D eigenvalue weighted by Gasteiger charge is 2.33. The number of hydrogen-bond donors (Lipinski definition) is 1. The van der Waals surface area contributed by atoms with Crippen molar-refractivity contribution >= 4 is 26.5 Å². The maximum absolute atomic E-state index is 12.5. The molecule has 2 N–H and O–H groups in total. The second kappa shape index (κ2) is 5.50. The number of rotatable bonds is 3. The van der Waals surface area contributed by atoms with E-state index in [-0.39, 0.29) is 15.5 Å². The van der Waals surface area contributed by atoms with Gasteiger partial charge in [0.1, 0.15) is 0 Å². The zero-order chi connectivity index (χ0) is 13.2. The predicted octanol–water partition coefficient (Wildman–Crippen LogP) is 1.46. The van der Waals surface area contributed by atoms with Gasteiger partial charge in [0.05, 0.1) is 0 Å². The highest BCUT2D eigenvalue weighted by atomic mass is 32.2. The van der Waals surface area contributed by atoms with Crippen molar-refractivity contribution in [2.75, 3.05) is 12.3 Å². The van der Waals surface area contributed by atoms with E-state index >= 15 is 0 Å². The number of nitrogens with zero attached hydrogens (tertiary/aromatic N) is 3. The van der Waals surface area contributed by atoms with E-state index in [9.17, 15) is 8.42 Å². The molecule has 0 saturated carbocycles. The van der Waals surface area contributed by atoms with Crippen molar-refractivity contribution in [1.82, 2.24) is 14.5 Å². The molecule has 2 rings (SSSR count). The smallest absolute Gasteiger partial charge is 0.272 e. The number of anilines is 1. The van der Waals surface area contributed by atoms with Crippen molar-refractivity contribution in [1.29, 1.82) is 0 Å².